The first-order valence-corrected chi connectivity index (χ1v) is 9.49. The summed E-state index contributed by atoms with van der Waals surface area (Å²) in [6.07, 6.45) is 0.225. The fourth-order valence-corrected chi connectivity index (χ4v) is 3.00. The summed E-state index contributed by atoms with van der Waals surface area (Å²) >= 11 is 0. The van der Waals surface area contributed by atoms with Crippen LogP contribution in [-0.4, -0.2) is 24.1 Å². The number of nitrogens with one attached hydrogen (secondary N) is 1. The normalized spacial score (nSPS) is 10.5. The number of hydrogen-bond donors (Lipinski definition) is 1. The zero-order chi connectivity index (χ0) is 21.7. The van der Waals surface area contributed by atoms with Gasteiger partial charge < -0.3 is 19.3 Å². The molecule has 30 heavy (non-hydrogen) atoms. The van der Waals surface area contributed by atoms with Crippen molar-refractivity contribution in [3.8, 4) is 5.75 Å². The van der Waals surface area contributed by atoms with Crippen LogP contribution in [0.15, 0.2) is 47.0 Å². The van der Waals surface area contributed by atoms with E-state index in [1.165, 1.54) is 7.11 Å². The Balaban J connectivity index is 1.56. The van der Waals surface area contributed by atoms with Gasteiger partial charge in [0.2, 0.25) is 5.91 Å². The van der Waals surface area contributed by atoms with Crippen molar-refractivity contribution in [2.75, 3.05) is 12.4 Å². The quantitative estimate of drug-likeness (QED) is 0.591. The topological polar surface area (TPSA) is 90.7 Å². The van der Waals surface area contributed by atoms with Crippen LogP contribution in [0, 0.1) is 20.8 Å². The first kappa shape index (κ1) is 21.1. The number of esters is 1. The van der Waals surface area contributed by atoms with Gasteiger partial charge in [0.05, 0.1) is 30.4 Å². The van der Waals surface area contributed by atoms with Gasteiger partial charge in [-0.1, -0.05) is 17.3 Å². The summed E-state index contributed by atoms with van der Waals surface area (Å²) in [5, 5.41) is 6.79. The van der Waals surface area contributed by atoms with E-state index < -0.39 is 5.97 Å². The van der Waals surface area contributed by atoms with Gasteiger partial charge in [0.15, 0.2) is 0 Å². The highest BCUT2D eigenvalue weighted by Crippen LogP contribution is 2.20. The minimum Gasteiger partial charge on any atom is -0.489 e. The lowest BCUT2D eigenvalue weighted by Gasteiger charge is -2.10. The predicted molar refractivity (Wildman–Crippen MR) is 112 cm³/mol. The molecule has 1 amide bonds. The van der Waals surface area contributed by atoms with Crippen LogP contribution < -0.4 is 10.1 Å². The lowest BCUT2D eigenvalue weighted by Crippen LogP contribution is -2.15. The number of ether oxygens (including phenoxy) is 2. The van der Waals surface area contributed by atoms with Gasteiger partial charge >= 0.3 is 5.97 Å². The van der Waals surface area contributed by atoms with Gasteiger partial charge in [-0.15, -0.1) is 0 Å². The van der Waals surface area contributed by atoms with Crippen molar-refractivity contribution in [1.82, 2.24) is 5.16 Å². The maximum absolute atomic E-state index is 12.4. The molecule has 0 unspecified atom stereocenters. The summed E-state index contributed by atoms with van der Waals surface area (Å²) in [5.74, 6) is 0.894. The van der Waals surface area contributed by atoms with Crippen molar-refractivity contribution >= 4 is 17.6 Å². The number of hydrogen-bond acceptors (Lipinski definition) is 6. The van der Waals surface area contributed by atoms with Crippen LogP contribution in [-0.2, 0) is 22.6 Å². The summed E-state index contributed by atoms with van der Waals surface area (Å²) < 4.78 is 15.6. The fourth-order valence-electron chi connectivity index (χ4n) is 3.00. The number of anilines is 1. The smallest absolute Gasteiger partial charge is 0.337 e. The molecule has 2 aromatic carbocycles. The summed E-state index contributed by atoms with van der Waals surface area (Å²) in [4.78, 5) is 24.0. The second-order valence-electron chi connectivity index (χ2n) is 6.98. The molecule has 0 saturated heterocycles. The number of rotatable bonds is 7. The third-order valence-corrected chi connectivity index (χ3v) is 4.77. The van der Waals surface area contributed by atoms with E-state index in [1.54, 1.807) is 18.2 Å². The molecule has 3 rings (SSSR count). The molecule has 3 aromatic rings. The van der Waals surface area contributed by atoms with E-state index in [9.17, 15) is 9.59 Å². The number of carbonyl (C=O) groups is 2. The van der Waals surface area contributed by atoms with E-state index in [4.69, 9.17) is 14.0 Å². The summed E-state index contributed by atoms with van der Waals surface area (Å²) in [6, 6.07) is 12.4. The molecule has 1 aromatic heterocycles. The minimum absolute atomic E-state index is 0.145. The molecule has 7 nitrogen and oxygen atoms in total. The number of methoxy groups -OCH3 is 1. The van der Waals surface area contributed by atoms with Crippen molar-refractivity contribution in [3.05, 3.63) is 76.2 Å². The summed E-state index contributed by atoms with van der Waals surface area (Å²) in [5.41, 5.74) is 4.50. The first-order valence-electron chi connectivity index (χ1n) is 9.49. The molecule has 0 atom stereocenters. The van der Waals surface area contributed by atoms with Gasteiger partial charge in [-0.3, -0.25) is 4.79 Å². The second kappa shape index (κ2) is 9.26. The van der Waals surface area contributed by atoms with E-state index in [-0.39, 0.29) is 12.3 Å². The molecule has 0 aliphatic carbocycles. The molecular weight excluding hydrogens is 384 g/mol. The van der Waals surface area contributed by atoms with Gasteiger partial charge in [0.1, 0.15) is 18.1 Å². The fraction of sp³-hybridized carbons (Fsp3) is 0.261. The summed E-state index contributed by atoms with van der Waals surface area (Å²) in [7, 11) is 1.33. The van der Waals surface area contributed by atoms with E-state index in [2.05, 4.69) is 10.5 Å². The van der Waals surface area contributed by atoms with Crippen LogP contribution in [0.5, 0.6) is 5.75 Å². The third kappa shape index (κ3) is 5.05. The first-order chi connectivity index (χ1) is 14.4. The lowest BCUT2D eigenvalue weighted by atomic mass is 10.1. The SMILES string of the molecule is COC(=O)c1ccc(NC(=O)Cc2ccc(OCc3c(C)noc3C)cc2)c(C)c1. The molecule has 0 saturated carbocycles. The molecule has 1 heterocycles. The van der Waals surface area contributed by atoms with Gasteiger partial charge in [-0.05, 0) is 62.2 Å². The number of amides is 1. The van der Waals surface area contributed by atoms with Crippen LogP contribution in [0.2, 0.25) is 0 Å². The Morgan fingerprint density at radius 3 is 2.40 bits per heavy atom. The van der Waals surface area contributed by atoms with Crippen molar-refractivity contribution in [3.63, 3.8) is 0 Å². The maximum Gasteiger partial charge on any atom is 0.337 e. The Morgan fingerprint density at radius 1 is 1.07 bits per heavy atom. The Morgan fingerprint density at radius 2 is 1.80 bits per heavy atom. The molecule has 0 aliphatic rings. The van der Waals surface area contributed by atoms with E-state index >= 15 is 0 Å². The van der Waals surface area contributed by atoms with Crippen LogP contribution >= 0.6 is 0 Å². The largest absolute Gasteiger partial charge is 0.489 e. The molecule has 0 aliphatic heterocycles. The molecule has 0 fully saturated rings. The van der Waals surface area contributed by atoms with Gasteiger partial charge in [-0.25, -0.2) is 4.79 Å². The van der Waals surface area contributed by atoms with Crippen molar-refractivity contribution in [2.45, 2.75) is 33.8 Å². The van der Waals surface area contributed by atoms with Gasteiger partial charge in [0, 0.05) is 5.69 Å². The van der Waals surface area contributed by atoms with Crippen LogP contribution in [0.1, 0.15) is 38.5 Å². The van der Waals surface area contributed by atoms with Crippen LogP contribution in [0.3, 0.4) is 0 Å². The second-order valence-corrected chi connectivity index (χ2v) is 6.98. The van der Waals surface area contributed by atoms with E-state index in [0.717, 1.165) is 28.1 Å². The molecule has 0 bridgehead atoms. The van der Waals surface area contributed by atoms with Gasteiger partial charge in [0.25, 0.3) is 0 Å². The van der Waals surface area contributed by atoms with E-state index in [1.807, 2.05) is 45.0 Å². The molecule has 0 spiro atoms. The lowest BCUT2D eigenvalue weighted by molar-refractivity contribution is -0.115. The highest BCUT2D eigenvalue weighted by Gasteiger charge is 2.11. The minimum atomic E-state index is -0.410. The maximum atomic E-state index is 12.4. The molecule has 7 heteroatoms. The monoisotopic (exact) mass is 408 g/mol. The number of aryl methyl sites for hydroxylation is 3. The highest BCUT2D eigenvalue weighted by molar-refractivity contribution is 5.95. The van der Waals surface area contributed by atoms with Gasteiger partial charge in [-0.2, -0.15) is 0 Å². The van der Waals surface area contributed by atoms with Crippen molar-refractivity contribution in [2.24, 2.45) is 0 Å². The highest BCUT2D eigenvalue weighted by atomic mass is 16.5. The Hall–Kier alpha value is -3.61. The number of aromatic nitrogens is 1. The van der Waals surface area contributed by atoms with Crippen LogP contribution in [0.25, 0.3) is 0 Å². The Bertz CT molecular complexity index is 1030. The number of carbonyl (C=O) groups excluding carboxylic acids is 2. The molecular formula is C23H24N2O5. The number of benzene rings is 2. The predicted octanol–water partition coefficient (Wildman–Crippen LogP) is 4.15. The Kier molecular flexibility index (Phi) is 6.51. The van der Waals surface area contributed by atoms with Crippen LogP contribution in [0.4, 0.5) is 5.69 Å². The zero-order valence-corrected chi connectivity index (χ0v) is 17.4. The third-order valence-electron chi connectivity index (χ3n) is 4.77. The molecule has 156 valence electrons. The zero-order valence-electron chi connectivity index (χ0n) is 17.4. The molecule has 0 radical (unpaired) electrons. The van der Waals surface area contributed by atoms with E-state index in [0.29, 0.717) is 23.6 Å². The standard InChI is InChI=1S/C23H24N2O5/c1-14-11-18(23(27)28-4)7-10-21(14)24-22(26)12-17-5-8-19(9-6-17)29-13-20-15(2)25-30-16(20)3/h5-11H,12-13H2,1-4H3,(H,24,26). The summed E-state index contributed by atoms with van der Waals surface area (Å²) in [6.45, 7) is 5.93. The molecule has 1 N–H and O–H groups in total. The number of nitrogens with zero attached hydrogens (tertiary/aromatic N) is 1. The van der Waals surface area contributed by atoms with Crippen molar-refractivity contribution < 1.29 is 23.6 Å². The Labute approximate surface area is 175 Å². The average Bonchev–Trinajstić information content (AvgIpc) is 3.05. The average molecular weight is 408 g/mol. The van der Waals surface area contributed by atoms with Crippen molar-refractivity contribution in [1.29, 1.82) is 0 Å².